The van der Waals surface area contributed by atoms with Crippen molar-refractivity contribution in [3.05, 3.63) is 368 Å². The van der Waals surface area contributed by atoms with Gasteiger partial charge in [0.2, 0.25) is 0 Å². The van der Waals surface area contributed by atoms with E-state index in [9.17, 15) is 0 Å². The van der Waals surface area contributed by atoms with Crippen molar-refractivity contribution in [2.75, 3.05) is 19.6 Å². The van der Waals surface area contributed by atoms with Gasteiger partial charge in [-0.2, -0.15) is 0 Å². The highest BCUT2D eigenvalue weighted by molar-refractivity contribution is 6.23. The number of hydrogen-bond acceptors (Lipinski definition) is 4. The van der Waals surface area contributed by atoms with Gasteiger partial charge in [0.1, 0.15) is 0 Å². The summed E-state index contributed by atoms with van der Waals surface area (Å²) in [7, 11) is 0. The van der Waals surface area contributed by atoms with E-state index in [2.05, 4.69) is 448 Å². The molecule has 0 heterocycles. The van der Waals surface area contributed by atoms with Crippen molar-refractivity contribution in [3.63, 3.8) is 0 Å². The van der Waals surface area contributed by atoms with Crippen molar-refractivity contribution in [3.8, 4) is 44.5 Å². The van der Waals surface area contributed by atoms with E-state index in [-0.39, 0.29) is 21.7 Å². The molecular weight excluding hydrogens is 1280 g/mol. The predicted octanol–water partition coefficient (Wildman–Crippen LogP) is 29.6. The number of para-hydroxylation sites is 2. The van der Waals surface area contributed by atoms with E-state index in [1.54, 1.807) is 0 Å². The summed E-state index contributed by atoms with van der Waals surface area (Å²) in [5.41, 5.74) is 26.2. The Morgan fingerprint density at radius 2 is 0.519 bits per heavy atom. The van der Waals surface area contributed by atoms with Gasteiger partial charge in [-0.25, -0.2) is 0 Å². The Balaban J connectivity index is 0.997. The molecule has 0 saturated carbocycles. The molecule has 4 nitrogen and oxygen atoms in total. The Hall–Kier alpha value is -11.7. The monoisotopic (exact) mass is 1380 g/mol. The van der Waals surface area contributed by atoms with Gasteiger partial charge in [0, 0.05) is 68.3 Å². The molecule has 0 aromatic heterocycles. The fourth-order valence-electron chi connectivity index (χ4n) is 15.3. The molecule has 0 radical (unpaired) electrons. The Morgan fingerprint density at radius 1 is 0.236 bits per heavy atom. The van der Waals surface area contributed by atoms with E-state index in [0.717, 1.165) is 130 Å². The minimum absolute atomic E-state index is 0.0153. The smallest absolute Gasteiger partial charge is 0.0468 e. The number of nitrogens with zero attached hydrogens (tertiary/aromatic N) is 4. The van der Waals surface area contributed by atoms with Crippen molar-refractivity contribution >= 4 is 84.1 Å². The SMILES string of the molecule is CC(C)(C)c1ccc(N(C2=CCC(C(C)(C)C)C=C2)c2ccc3c(-c4ccc(N(c5ccccc5)c5cccc(-c6ccccc6)c5)cc4)c4cc(N(c5ccc(C(C)(C)C)cc5)c5ccc(C(C)(C)C)cc5)ccc4c(-c4ccc(N(c5ccccc5)c5cccc(-c6ccccc6)c5)cc4)c3c2)cc1. The van der Waals surface area contributed by atoms with Crippen LogP contribution in [0.15, 0.2) is 352 Å². The lowest BCUT2D eigenvalue weighted by Crippen LogP contribution is -2.23. The maximum absolute atomic E-state index is 2.50. The van der Waals surface area contributed by atoms with Crippen LogP contribution in [0.4, 0.5) is 62.6 Å². The molecule has 14 aromatic carbocycles. The Labute approximate surface area is 629 Å². The number of fused-ring (bicyclic) bond motifs is 2. The van der Waals surface area contributed by atoms with Gasteiger partial charge in [-0.15, -0.1) is 0 Å². The van der Waals surface area contributed by atoms with Crippen molar-refractivity contribution < 1.29 is 0 Å². The summed E-state index contributed by atoms with van der Waals surface area (Å²) in [6.45, 7) is 27.7. The maximum Gasteiger partial charge on any atom is 0.0468 e. The lowest BCUT2D eigenvalue weighted by molar-refractivity contribution is 0.293. The molecule has 1 aliphatic rings. The number of hydrogen-bond donors (Lipinski definition) is 0. The summed E-state index contributed by atoms with van der Waals surface area (Å²) in [5.74, 6) is 0.407. The largest absolute Gasteiger partial charge is 0.311 e. The van der Waals surface area contributed by atoms with Gasteiger partial charge < -0.3 is 19.6 Å². The molecule has 524 valence electrons. The van der Waals surface area contributed by atoms with Crippen molar-refractivity contribution in [2.24, 2.45) is 11.3 Å². The number of rotatable bonds is 16. The molecule has 0 bridgehead atoms. The van der Waals surface area contributed by atoms with Crippen LogP contribution in [-0.4, -0.2) is 0 Å². The molecular formula is C102H96N4. The molecule has 106 heavy (non-hydrogen) atoms. The maximum atomic E-state index is 2.50. The summed E-state index contributed by atoms with van der Waals surface area (Å²) in [6, 6.07) is 122. The highest BCUT2D eigenvalue weighted by Gasteiger charge is 2.29. The van der Waals surface area contributed by atoms with Gasteiger partial charge in [-0.1, -0.05) is 289 Å². The van der Waals surface area contributed by atoms with Gasteiger partial charge in [0.15, 0.2) is 0 Å². The van der Waals surface area contributed by atoms with Crippen LogP contribution >= 0.6 is 0 Å². The van der Waals surface area contributed by atoms with Crippen LogP contribution in [0.3, 0.4) is 0 Å². The second kappa shape index (κ2) is 28.7. The number of allylic oxidation sites excluding steroid dienone is 3. The van der Waals surface area contributed by atoms with Crippen LogP contribution in [0.5, 0.6) is 0 Å². The van der Waals surface area contributed by atoms with Gasteiger partial charge in [0.05, 0.1) is 0 Å². The zero-order valence-electron chi connectivity index (χ0n) is 63.5. The van der Waals surface area contributed by atoms with Crippen molar-refractivity contribution in [1.82, 2.24) is 0 Å². The molecule has 0 saturated heterocycles. The molecule has 0 fully saturated rings. The quantitative estimate of drug-likeness (QED) is 0.0894. The third-order valence-electron chi connectivity index (χ3n) is 21.3. The molecule has 0 spiro atoms. The molecule has 15 rings (SSSR count). The van der Waals surface area contributed by atoms with E-state index in [0.29, 0.717) is 5.92 Å². The minimum atomic E-state index is -0.0223. The lowest BCUT2D eigenvalue weighted by Gasteiger charge is -2.33. The van der Waals surface area contributed by atoms with Gasteiger partial charge >= 0.3 is 0 Å². The molecule has 1 atom stereocenters. The van der Waals surface area contributed by atoms with Gasteiger partial charge in [-0.3, -0.25) is 0 Å². The number of anilines is 11. The predicted molar refractivity (Wildman–Crippen MR) is 457 cm³/mol. The zero-order valence-corrected chi connectivity index (χ0v) is 63.5. The van der Waals surface area contributed by atoms with Crippen LogP contribution in [0.25, 0.3) is 66.1 Å². The van der Waals surface area contributed by atoms with E-state index >= 15 is 0 Å². The Kier molecular flexibility index (Phi) is 19.0. The Bertz CT molecular complexity index is 5420. The van der Waals surface area contributed by atoms with Gasteiger partial charge in [0.25, 0.3) is 0 Å². The first-order valence-electron chi connectivity index (χ1n) is 37.7. The average Bonchev–Trinajstić information content (AvgIpc) is 0.721. The standard InChI is InChI=1S/C102H96N4/c1-99(2,3)77-43-55-85(56-44-77)105(86-57-45-78(46-58-86)100(4,5)6)91-63-65-93-95(69-91)97(73-39-51-83(52-40-73)103(81-33-21-15-22-34-81)89-37-25-31-75(67-89)71-27-17-13-18-28-71)94-66-64-92(106(87-59-47-79(48-60-87)101(7,8)9)88-61-49-80(50-62-88)102(10,11)12)70-96(94)98(93)74-41-53-84(54-42-74)104(82-35-23-16-24-36-82)90-38-26-32-76(68-90)72-29-19-14-20-30-72/h13-49,51-70,80H,50H2,1-12H3. The first-order valence-corrected chi connectivity index (χ1v) is 37.7. The molecule has 0 N–H and O–H groups in total. The minimum Gasteiger partial charge on any atom is -0.311 e. The highest BCUT2D eigenvalue weighted by atomic mass is 15.2. The van der Waals surface area contributed by atoms with E-state index < -0.39 is 0 Å². The van der Waals surface area contributed by atoms with Crippen LogP contribution in [0.1, 0.15) is 106 Å². The summed E-state index contributed by atoms with van der Waals surface area (Å²) in [4.78, 5) is 9.72. The molecule has 1 aliphatic carbocycles. The zero-order chi connectivity index (χ0) is 73.5. The first kappa shape index (κ1) is 70.0. The molecule has 0 aliphatic heterocycles. The topological polar surface area (TPSA) is 13.0 Å². The van der Waals surface area contributed by atoms with Crippen LogP contribution < -0.4 is 19.6 Å². The summed E-state index contributed by atoms with van der Waals surface area (Å²) >= 11 is 0. The van der Waals surface area contributed by atoms with E-state index in [1.807, 2.05) is 0 Å². The number of benzene rings is 14. The summed E-state index contributed by atoms with van der Waals surface area (Å²) in [6.07, 6.45) is 8.23. The van der Waals surface area contributed by atoms with E-state index in [1.165, 1.54) is 27.8 Å². The lowest BCUT2D eigenvalue weighted by atomic mass is 9.77. The van der Waals surface area contributed by atoms with Crippen LogP contribution in [0.2, 0.25) is 0 Å². The second-order valence-electron chi connectivity index (χ2n) is 32.7. The van der Waals surface area contributed by atoms with Crippen molar-refractivity contribution in [1.29, 1.82) is 0 Å². The van der Waals surface area contributed by atoms with E-state index in [4.69, 9.17) is 0 Å². The third-order valence-corrected chi connectivity index (χ3v) is 21.3. The Morgan fingerprint density at radius 3 is 0.849 bits per heavy atom. The molecule has 0 amide bonds. The summed E-state index contributed by atoms with van der Waals surface area (Å²) in [5, 5.41) is 4.60. The average molecular weight is 1380 g/mol. The fraction of sp³-hybridized carbons (Fsp3) is 0.176. The first-order chi connectivity index (χ1) is 51.1. The van der Waals surface area contributed by atoms with Gasteiger partial charge in [-0.05, 0) is 256 Å². The molecule has 4 heteroatoms. The fourth-order valence-corrected chi connectivity index (χ4v) is 15.3. The molecule has 14 aromatic rings. The summed E-state index contributed by atoms with van der Waals surface area (Å²) < 4.78 is 0. The van der Waals surface area contributed by atoms with Crippen LogP contribution in [-0.2, 0) is 16.2 Å². The third kappa shape index (κ3) is 14.5. The van der Waals surface area contributed by atoms with Crippen molar-refractivity contribution in [2.45, 2.75) is 106 Å². The normalized spacial score (nSPS) is 13.4. The second-order valence-corrected chi connectivity index (χ2v) is 32.7. The van der Waals surface area contributed by atoms with Crippen LogP contribution in [0, 0.1) is 11.3 Å². The molecule has 1 unspecified atom stereocenters. The highest BCUT2D eigenvalue weighted by Crippen LogP contribution is 2.51.